The Labute approximate surface area is 126 Å². The Morgan fingerprint density at radius 2 is 1.81 bits per heavy atom. The summed E-state index contributed by atoms with van der Waals surface area (Å²) in [6.45, 7) is 10.0. The molecule has 0 aliphatic rings. The number of rotatable bonds is 4. The molecule has 0 unspecified atom stereocenters. The molecule has 0 fully saturated rings. The minimum atomic E-state index is -3.63. The van der Waals surface area contributed by atoms with E-state index in [1.807, 2.05) is 32.9 Å². The lowest BCUT2D eigenvalue weighted by Crippen LogP contribution is -2.15. The second kappa shape index (κ2) is 5.52. The molecule has 2 rings (SSSR count). The first-order chi connectivity index (χ1) is 9.76. The molecular formula is C15H21N3O2S. The van der Waals surface area contributed by atoms with Crippen LogP contribution in [0, 0.1) is 27.7 Å². The fraction of sp³-hybridized carbons (Fsp3) is 0.400. The molecule has 2 aromatic rings. The van der Waals surface area contributed by atoms with E-state index in [1.54, 1.807) is 24.6 Å². The zero-order chi connectivity index (χ0) is 15.8. The molecule has 1 N–H and O–H groups in total. The third-order valence-corrected chi connectivity index (χ3v) is 5.28. The molecule has 0 bridgehead atoms. The van der Waals surface area contributed by atoms with Gasteiger partial charge in [-0.2, -0.15) is 5.10 Å². The molecule has 1 aromatic heterocycles. The van der Waals surface area contributed by atoms with Gasteiger partial charge in [-0.05, 0) is 57.9 Å². The van der Waals surface area contributed by atoms with E-state index < -0.39 is 10.0 Å². The van der Waals surface area contributed by atoms with E-state index in [4.69, 9.17) is 0 Å². The third-order valence-electron chi connectivity index (χ3n) is 3.64. The molecule has 1 heterocycles. The van der Waals surface area contributed by atoms with Gasteiger partial charge in [-0.25, -0.2) is 8.42 Å². The van der Waals surface area contributed by atoms with Gasteiger partial charge in [0.2, 0.25) is 0 Å². The summed E-state index contributed by atoms with van der Waals surface area (Å²) >= 11 is 0. The van der Waals surface area contributed by atoms with Crippen LogP contribution < -0.4 is 4.72 Å². The molecule has 0 aliphatic heterocycles. The van der Waals surface area contributed by atoms with Crippen LogP contribution in [0.3, 0.4) is 0 Å². The second-order valence-corrected chi connectivity index (χ2v) is 6.84. The van der Waals surface area contributed by atoms with E-state index in [2.05, 4.69) is 9.82 Å². The van der Waals surface area contributed by atoms with Crippen molar-refractivity contribution in [3.05, 3.63) is 40.7 Å². The third kappa shape index (κ3) is 2.95. The van der Waals surface area contributed by atoms with Crippen LogP contribution in [0.4, 0.5) is 5.69 Å². The molecule has 0 aliphatic carbocycles. The summed E-state index contributed by atoms with van der Waals surface area (Å²) in [7, 11) is -3.63. The van der Waals surface area contributed by atoms with E-state index >= 15 is 0 Å². The lowest BCUT2D eigenvalue weighted by Gasteiger charge is -2.10. The average Bonchev–Trinajstić information content (AvgIpc) is 2.68. The smallest absolute Gasteiger partial charge is 0.265 e. The molecule has 0 saturated carbocycles. The lowest BCUT2D eigenvalue weighted by atomic mass is 10.1. The van der Waals surface area contributed by atoms with Gasteiger partial charge in [0.15, 0.2) is 0 Å². The molecule has 0 amide bonds. The first-order valence-electron chi connectivity index (χ1n) is 6.90. The Kier molecular flexibility index (Phi) is 4.09. The van der Waals surface area contributed by atoms with Gasteiger partial charge >= 0.3 is 0 Å². The first kappa shape index (κ1) is 15.6. The van der Waals surface area contributed by atoms with Gasteiger partial charge in [0.25, 0.3) is 10.0 Å². The molecule has 0 radical (unpaired) electrons. The number of benzene rings is 1. The van der Waals surface area contributed by atoms with Crippen molar-refractivity contribution in [1.82, 2.24) is 9.78 Å². The first-order valence-corrected chi connectivity index (χ1v) is 8.38. The zero-order valence-corrected chi connectivity index (χ0v) is 13.9. The second-order valence-electron chi connectivity index (χ2n) is 5.22. The highest BCUT2D eigenvalue weighted by atomic mass is 32.2. The van der Waals surface area contributed by atoms with E-state index in [0.717, 1.165) is 11.1 Å². The van der Waals surface area contributed by atoms with Crippen molar-refractivity contribution in [2.24, 2.45) is 0 Å². The summed E-state index contributed by atoms with van der Waals surface area (Å²) in [5.41, 5.74) is 3.93. The maximum Gasteiger partial charge on any atom is 0.265 e. The van der Waals surface area contributed by atoms with Crippen molar-refractivity contribution in [2.45, 2.75) is 46.1 Å². The largest absolute Gasteiger partial charge is 0.280 e. The van der Waals surface area contributed by atoms with Crippen LogP contribution in [-0.4, -0.2) is 18.2 Å². The van der Waals surface area contributed by atoms with E-state index in [0.29, 0.717) is 23.6 Å². The summed E-state index contributed by atoms with van der Waals surface area (Å²) in [6, 6.07) is 5.51. The summed E-state index contributed by atoms with van der Waals surface area (Å²) in [4.78, 5) is 0.266. The number of hydrogen-bond acceptors (Lipinski definition) is 3. The summed E-state index contributed by atoms with van der Waals surface area (Å²) in [5, 5.41) is 4.27. The van der Waals surface area contributed by atoms with Gasteiger partial charge < -0.3 is 0 Å². The molecular weight excluding hydrogens is 286 g/mol. The summed E-state index contributed by atoms with van der Waals surface area (Å²) in [6.07, 6.45) is 0. The maximum atomic E-state index is 12.6. The molecule has 5 nitrogen and oxygen atoms in total. The normalized spacial score (nSPS) is 11.7. The van der Waals surface area contributed by atoms with Crippen LogP contribution in [0.1, 0.15) is 29.4 Å². The predicted molar refractivity (Wildman–Crippen MR) is 84.1 cm³/mol. The van der Waals surface area contributed by atoms with E-state index in [9.17, 15) is 8.42 Å². The highest BCUT2D eigenvalue weighted by Gasteiger charge is 2.24. The van der Waals surface area contributed by atoms with Crippen LogP contribution in [0.15, 0.2) is 23.1 Å². The predicted octanol–water partition coefficient (Wildman–Crippen LogP) is 2.94. The summed E-state index contributed by atoms with van der Waals surface area (Å²) < 4.78 is 29.5. The molecule has 6 heteroatoms. The van der Waals surface area contributed by atoms with E-state index in [-0.39, 0.29) is 4.90 Å². The van der Waals surface area contributed by atoms with E-state index in [1.165, 1.54) is 0 Å². The standard InChI is InChI=1S/C15H21N3O2S/c1-6-18-13(5)15(12(4)16-18)21(19,20)17-14-8-7-10(2)11(3)9-14/h7-9,17H,6H2,1-5H3. The van der Waals surface area contributed by atoms with Crippen molar-refractivity contribution >= 4 is 15.7 Å². The number of nitrogens with one attached hydrogen (secondary N) is 1. The van der Waals surface area contributed by atoms with Crippen molar-refractivity contribution in [1.29, 1.82) is 0 Å². The van der Waals surface area contributed by atoms with Gasteiger partial charge in [-0.1, -0.05) is 6.07 Å². The van der Waals surface area contributed by atoms with Crippen LogP contribution in [0.25, 0.3) is 0 Å². The minimum absolute atomic E-state index is 0.266. The fourth-order valence-corrected chi connectivity index (χ4v) is 3.85. The fourth-order valence-electron chi connectivity index (χ4n) is 2.39. The number of anilines is 1. The Morgan fingerprint density at radius 1 is 1.14 bits per heavy atom. The molecule has 114 valence electrons. The number of sulfonamides is 1. The Bertz CT molecular complexity index is 776. The topological polar surface area (TPSA) is 64.0 Å². The van der Waals surface area contributed by atoms with Crippen LogP contribution >= 0.6 is 0 Å². The Balaban J connectivity index is 2.43. The highest BCUT2D eigenvalue weighted by molar-refractivity contribution is 7.92. The summed E-state index contributed by atoms with van der Waals surface area (Å²) in [5.74, 6) is 0. The van der Waals surface area contributed by atoms with Crippen molar-refractivity contribution < 1.29 is 8.42 Å². The number of nitrogens with zero attached hydrogens (tertiary/aromatic N) is 2. The number of aryl methyl sites for hydroxylation is 4. The highest BCUT2D eigenvalue weighted by Crippen LogP contribution is 2.23. The average molecular weight is 307 g/mol. The van der Waals surface area contributed by atoms with Crippen molar-refractivity contribution in [3.8, 4) is 0 Å². The Morgan fingerprint density at radius 3 is 2.33 bits per heavy atom. The molecule has 0 saturated heterocycles. The zero-order valence-electron chi connectivity index (χ0n) is 13.1. The van der Waals surface area contributed by atoms with Crippen LogP contribution in [-0.2, 0) is 16.6 Å². The van der Waals surface area contributed by atoms with Gasteiger partial charge in [-0.15, -0.1) is 0 Å². The number of hydrogen-bond donors (Lipinski definition) is 1. The molecule has 21 heavy (non-hydrogen) atoms. The van der Waals surface area contributed by atoms with Crippen LogP contribution in [0.5, 0.6) is 0 Å². The molecule has 0 spiro atoms. The maximum absolute atomic E-state index is 12.6. The van der Waals surface area contributed by atoms with Gasteiger partial charge in [0.05, 0.1) is 11.4 Å². The van der Waals surface area contributed by atoms with Gasteiger partial charge in [0, 0.05) is 12.2 Å². The lowest BCUT2D eigenvalue weighted by molar-refractivity contribution is 0.598. The minimum Gasteiger partial charge on any atom is -0.280 e. The van der Waals surface area contributed by atoms with Crippen LogP contribution in [0.2, 0.25) is 0 Å². The quantitative estimate of drug-likeness (QED) is 0.944. The number of aromatic nitrogens is 2. The molecule has 1 aromatic carbocycles. The van der Waals surface area contributed by atoms with Crippen molar-refractivity contribution in [2.75, 3.05) is 4.72 Å². The Hall–Kier alpha value is -1.82. The van der Waals surface area contributed by atoms with Crippen molar-refractivity contribution in [3.63, 3.8) is 0 Å². The SMILES string of the molecule is CCn1nc(C)c(S(=O)(=O)Nc2ccc(C)c(C)c2)c1C. The monoisotopic (exact) mass is 307 g/mol. The molecule has 0 atom stereocenters. The van der Waals surface area contributed by atoms with Gasteiger partial charge in [-0.3, -0.25) is 9.40 Å². The van der Waals surface area contributed by atoms with Gasteiger partial charge in [0.1, 0.15) is 4.90 Å².